The lowest BCUT2D eigenvalue weighted by molar-refractivity contribution is 0.587. The van der Waals surface area contributed by atoms with Crippen LogP contribution in [0, 0.1) is 5.82 Å². The zero-order valence-corrected chi connectivity index (χ0v) is 9.30. The van der Waals surface area contributed by atoms with E-state index < -0.39 is 0 Å². The van der Waals surface area contributed by atoms with Crippen molar-refractivity contribution in [1.29, 1.82) is 0 Å². The second-order valence-corrected chi connectivity index (χ2v) is 3.96. The zero-order valence-electron chi connectivity index (χ0n) is 8.55. The Morgan fingerprint density at radius 1 is 1.33 bits per heavy atom. The van der Waals surface area contributed by atoms with Gasteiger partial charge in [0.25, 0.3) is 0 Å². The maximum absolute atomic E-state index is 12.8. The van der Waals surface area contributed by atoms with Crippen LogP contribution in [-0.2, 0) is 0 Å². The average Bonchev–Trinajstić information content (AvgIpc) is 2.17. The van der Waals surface area contributed by atoms with E-state index in [0.717, 1.165) is 24.8 Å². The van der Waals surface area contributed by atoms with Gasteiger partial charge in [-0.1, -0.05) is 24.1 Å². The Labute approximate surface area is 94.4 Å². The second-order valence-electron chi connectivity index (χ2n) is 3.56. The molecule has 1 rings (SSSR count). The van der Waals surface area contributed by atoms with Crippen molar-refractivity contribution in [3.8, 4) is 0 Å². The van der Waals surface area contributed by atoms with Crippen molar-refractivity contribution in [1.82, 2.24) is 0 Å². The molecule has 0 fully saturated rings. The molecule has 2 nitrogen and oxygen atoms in total. The fraction of sp³-hybridized carbons (Fsp3) is 0.455. The molecular formula is C11H16ClFN2. The minimum absolute atomic E-state index is 0.135. The number of hydrogen-bond donors (Lipinski definition) is 2. The van der Waals surface area contributed by atoms with E-state index in [0.29, 0.717) is 11.6 Å². The van der Waals surface area contributed by atoms with Gasteiger partial charge in [-0.25, -0.2) is 4.39 Å². The van der Waals surface area contributed by atoms with Crippen molar-refractivity contribution in [2.24, 2.45) is 11.5 Å². The Kier molecular flexibility index (Phi) is 5.02. The minimum Gasteiger partial charge on any atom is -0.330 e. The summed E-state index contributed by atoms with van der Waals surface area (Å²) < 4.78 is 12.8. The summed E-state index contributed by atoms with van der Waals surface area (Å²) in [5.41, 5.74) is 12.1. The van der Waals surface area contributed by atoms with Crippen LogP contribution in [0.15, 0.2) is 18.2 Å². The largest absolute Gasteiger partial charge is 0.330 e. The Morgan fingerprint density at radius 3 is 2.67 bits per heavy atom. The quantitative estimate of drug-likeness (QED) is 0.764. The standard InChI is InChI=1S/C11H16ClFN2/c12-10-7-8(13)4-5-9(10)11(15)3-1-2-6-14/h4-5,7,11H,1-3,6,14-15H2/t11-/m0/s1. The Bertz CT molecular complexity index is 317. The molecule has 0 radical (unpaired) electrons. The summed E-state index contributed by atoms with van der Waals surface area (Å²) in [6.45, 7) is 0.671. The molecule has 1 atom stereocenters. The molecule has 0 bridgehead atoms. The van der Waals surface area contributed by atoms with E-state index in [-0.39, 0.29) is 11.9 Å². The molecule has 0 aliphatic carbocycles. The lowest BCUT2D eigenvalue weighted by Gasteiger charge is -2.13. The minimum atomic E-state index is -0.335. The normalized spacial score (nSPS) is 12.8. The van der Waals surface area contributed by atoms with Crippen molar-refractivity contribution in [3.63, 3.8) is 0 Å². The first-order chi connectivity index (χ1) is 7.15. The monoisotopic (exact) mass is 230 g/mol. The van der Waals surface area contributed by atoms with Crippen LogP contribution in [0.4, 0.5) is 4.39 Å². The summed E-state index contributed by atoms with van der Waals surface area (Å²) in [7, 11) is 0. The van der Waals surface area contributed by atoms with E-state index in [1.165, 1.54) is 12.1 Å². The first-order valence-corrected chi connectivity index (χ1v) is 5.43. The third-order valence-electron chi connectivity index (χ3n) is 2.33. The van der Waals surface area contributed by atoms with Gasteiger partial charge in [0.05, 0.1) is 0 Å². The first-order valence-electron chi connectivity index (χ1n) is 5.05. The molecular weight excluding hydrogens is 215 g/mol. The smallest absolute Gasteiger partial charge is 0.124 e. The van der Waals surface area contributed by atoms with Crippen LogP contribution in [0.25, 0.3) is 0 Å². The summed E-state index contributed by atoms with van der Waals surface area (Å²) in [4.78, 5) is 0. The number of benzene rings is 1. The summed E-state index contributed by atoms with van der Waals surface area (Å²) in [5.74, 6) is -0.335. The average molecular weight is 231 g/mol. The number of hydrogen-bond acceptors (Lipinski definition) is 2. The van der Waals surface area contributed by atoms with Crippen molar-refractivity contribution in [3.05, 3.63) is 34.6 Å². The predicted octanol–water partition coefficient (Wildman–Crippen LogP) is 2.61. The molecule has 1 aromatic rings. The number of halogens is 2. The van der Waals surface area contributed by atoms with E-state index >= 15 is 0 Å². The Hall–Kier alpha value is -0.640. The van der Waals surface area contributed by atoms with Crippen molar-refractivity contribution in [2.75, 3.05) is 6.54 Å². The van der Waals surface area contributed by atoms with Gasteiger partial charge in [-0.15, -0.1) is 0 Å². The van der Waals surface area contributed by atoms with E-state index in [1.807, 2.05) is 0 Å². The molecule has 4 N–H and O–H groups in total. The third kappa shape index (κ3) is 3.78. The fourth-order valence-electron chi connectivity index (χ4n) is 1.47. The Balaban J connectivity index is 2.61. The highest BCUT2D eigenvalue weighted by Gasteiger charge is 2.10. The van der Waals surface area contributed by atoms with Crippen LogP contribution in [-0.4, -0.2) is 6.54 Å². The molecule has 0 unspecified atom stereocenters. The van der Waals surface area contributed by atoms with Crippen LogP contribution >= 0.6 is 11.6 Å². The van der Waals surface area contributed by atoms with Gasteiger partial charge in [0.1, 0.15) is 5.82 Å². The SMILES string of the molecule is NCCCC[C@H](N)c1ccc(F)cc1Cl. The Morgan fingerprint density at radius 2 is 2.07 bits per heavy atom. The van der Waals surface area contributed by atoms with Crippen molar-refractivity contribution >= 4 is 11.6 Å². The van der Waals surface area contributed by atoms with E-state index in [9.17, 15) is 4.39 Å². The summed E-state index contributed by atoms with van der Waals surface area (Å²) in [6, 6.07) is 4.18. The summed E-state index contributed by atoms with van der Waals surface area (Å²) >= 11 is 5.89. The highest BCUT2D eigenvalue weighted by atomic mass is 35.5. The molecule has 84 valence electrons. The first kappa shape index (κ1) is 12.4. The van der Waals surface area contributed by atoms with Gasteiger partial charge < -0.3 is 11.5 Å². The zero-order chi connectivity index (χ0) is 11.3. The van der Waals surface area contributed by atoms with Gasteiger partial charge in [-0.3, -0.25) is 0 Å². The molecule has 0 saturated carbocycles. The highest BCUT2D eigenvalue weighted by molar-refractivity contribution is 6.31. The highest BCUT2D eigenvalue weighted by Crippen LogP contribution is 2.25. The van der Waals surface area contributed by atoms with Gasteiger partial charge in [0.15, 0.2) is 0 Å². The van der Waals surface area contributed by atoms with Crippen molar-refractivity contribution in [2.45, 2.75) is 25.3 Å². The number of nitrogens with two attached hydrogens (primary N) is 2. The molecule has 15 heavy (non-hydrogen) atoms. The summed E-state index contributed by atoms with van der Waals surface area (Å²) in [6.07, 6.45) is 2.74. The van der Waals surface area contributed by atoms with Crippen molar-refractivity contribution < 1.29 is 4.39 Å². The second kappa shape index (κ2) is 6.05. The number of rotatable bonds is 5. The molecule has 0 amide bonds. The molecule has 4 heteroatoms. The van der Waals surface area contributed by atoms with Gasteiger partial charge in [0, 0.05) is 11.1 Å². The third-order valence-corrected chi connectivity index (χ3v) is 2.66. The molecule has 0 spiro atoms. The van der Waals surface area contributed by atoms with Crippen LogP contribution < -0.4 is 11.5 Å². The van der Waals surface area contributed by atoms with Gasteiger partial charge in [0.2, 0.25) is 0 Å². The van der Waals surface area contributed by atoms with Gasteiger partial charge >= 0.3 is 0 Å². The summed E-state index contributed by atoms with van der Waals surface area (Å²) in [5, 5.41) is 0.398. The number of unbranched alkanes of at least 4 members (excludes halogenated alkanes) is 1. The molecule has 0 aliphatic rings. The molecule has 0 heterocycles. The maximum atomic E-state index is 12.8. The van der Waals surface area contributed by atoms with E-state index in [1.54, 1.807) is 6.07 Å². The van der Waals surface area contributed by atoms with Gasteiger partial charge in [-0.2, -0.15) is 0 Å². The van der Waals surface area contributed by atoms with E-state index in [2.05, 4.69) is 0 Å². The molecule has 0 saturated heterocycles. The molecule has 0 aliphatic heterocycles. The van der Waals surface area contributed by atoms with Crippen LogP contribution in [0.1, 0.15) is 30.9 Å². The fourth-order valence-corrected chi connectivity index (χ4v) is 1.77. The molecule has 1 aromatic carbocycles. The lowest BCUT2D eigenvalue weighted by Crippen LogP contribution is -2.11. The van der Waals surface area contributed by atoms with Crippen LogP contribution in [0.5, 0.6) is 0 Å². The van der Waals surface area contributed by atoms with Crippen LogP contribution in [0.3, 0.4) is 0 Å². The van der Waals surface area contributed by atoms with Crippen LogP contribution in [0.2, 0.25) is 5.02 Å². The lowest BCUT2D eigenvalue weighted by atomic mass is 10.0. The predicted molar refractivity (Wildman–Crippen MR) is 61.2 cm³/mol. The van der Waals surface area contributed by atoms with E-state index in [4.69, 9.17) is 23.1 Å². The topological polar surface area (TPSA) is 52.0 Å². The maximum Gasteiger partial charge on any atom is 0.124 e. The molecule has 0 aromatic heterocycles. The van der Waals surface area contributed by atoms with Gasteiger partial charge in [-0.05, 0) is 37.1 Å².